The fourth-order valence-electron chi connectivity index (χ4n) is 3.50. The first-order valence-electron chi connectivity index (χ1n) is 8.99. The molecule has 5 nitrogen and oxygen atoms in total. The van der Waals surface area contributed by atoms with Crippen LogP contribution in [0, 0.1) is 0 Å². The summed E-state index contributed by atoms with van der Waals surface area (Å²) in [5.74, 6) is 0. The highest BCUT2D eigenvalue weighted by molar-refractivity contribution is 7.89. The van der Waals surface area contributed by atoms with E-state index in [1.807, 2.05) is 33.8 Å². The maximum atomic E-state index is 13.2. The van der Waals surface area contributed by atoms with E-state index >= 15 is 0 Å². The molecule has 2 fully saturated rings. The van der Waals surface area contributed by atoms with Crippen LogP contribution in [0.5, 0.6) is 0 Å². The highest BCUT2D eigenvalue weighted by Crippen LogP contribution is 2.37. The van der Waals surface area contributed by atoms with Crippen LogP contribution in [0.1, 0.15) is 53.4 Å². The van der Waals surface area contributed by atoms with Crippen LogP contribution in [-0.4, -0.2) is 44.1 Å². The highest BCUT2D eigenvalue weighted by Gasteiger charge is 2.53. The highest BCUT2D eigenvalue weighted by atomic mass is 32.2. The first kappa shape index (κ1) is 18.9. The minimum absolute atomic E-state index is 0.0800. The van der Waals surface area contributed by atoms with Gasteiger partial charge in [-0.15, -0.1) is 0 Å². The monoisotopic (exact) mass is 365 g/mol. The molecule has 0 spiro atoms. The molecule has 0 bridgehead atoms. The Kier molecular flexibility index (Phi) is 4.82. The summed E-state index contributed by atoms with van der Waals surface area (Å²) in [6, 6.07) is 7.11. The largest absolute Gasteiger partial charge is 0.496 e. The van der Waals surface area contributed by atoms with Crippen LogP contribution in [0.25, 0.3) is 0 Å². The van der Waals surface area contributed by atoms with Crippen molar-refractivity contribution in [3.8, 4) is 0 Å². The zero-order valence-electron chi connectivity index (χ0n) is 15.8. The summed E-state index contributed by atoms with van der Waals surface area (Å²) in [5.41, 5.74) is -0.441. The Balaban J connectivity index is 1.97. The van der Waals surface area contributed by atoms with Gasteiger partial charge in [-0.3, -0.25) is 0 Å². The fraction of sp³-hybridized carbons (Fsp3) is 0.667. The number of nitrogens with zero attached hydrogens (tertiary/aromatic N) is 1. The molecule has 1 aromatic rings. The van der Waals surface area contributed by atoms with E-state index in [0.29, 0.717) is 5.46 Å². The van der Waals surface area contributed by atoms with Gasteiger partial charge in [0.15, 0.2) is 0 Å². The summed E-state index contributed by atoms with van der Waals surface area (Å²) >= 11 is 0. The quantitative estimate of drug-likeness (QED) is 0.770. The summed E-state index contributed by atoms with van der Waals surface area (Å²) in [6.07, 6.45) is 4.02. The molecule has 0 atom stereocenters. The molecular weight excluding hydrogens is 337 g/mol. The van der Waals surface area contributed by atoms with Crippen molar-refractivity contribution >= 4 is 22.6 Å². The summed E-state index contributed by atoms with van der Waals surface area (Å²) in [4.78, 5) is 0.280. The molecule has 0 N–H and O–H groups in total. The Morgan fingerprint density at radius 1 is 1.04 bits per heavy atom. The molecule has 1 aliphatic carbocycles. The first-order chi connectivity index (χ1) is 11.6. The number of benzene rings is 1. The van der Waals surface area contributed by atoms with Gasteiger partial charge in [0, 0.05) is 18.6 Å². The molecule has 1 aliphatic heterocycles. The van der Waals surface area contributed by atoms with Crippen molar-refractivity contribution in [2.75, 3.05) is 7.05 Å². The Labute approximate surface area is 151 Å². The first-order valence-corrected chi connectivity index (χ1v) is 10.4. The Morgan fingerprint density at radius 3 is 2.12 bits per heavy atom. The Bertz CT molecular complexity index is 725. The van der Waals surface area contributed by atoms with Crippen molar-refractivity contribution < 1.29 is 17.7 Å². The normalized spacial score (nSPS) is 23.5. The van der Waals surface area contributed by atoms with Gasteiger partial charge in [-0.25, -0.2) is 8.42 Å². The average molecular weight is 365 g/mol. The average Bonchev–Trinajstić information content (AvgIpc) is 3.13. The summed E-state index contributed by atoms with van der Waals surface area (Å²) in [5, 5.41) is 0. The molecular formula is C18H28BNO4S. The van der Waals surface area contributed by atoms with Crippen LogP contribution in [0.2, 0.25) is 0 Å². The van der Waals surface area contributed by atoms with Gasteiger partial charge in [-0.1, -0.05) is 31.0 Å². The maximum absolute atomic E-state index is 13.2. The smallest absolute Gasteiger partial charge is 0.399 e. The van der Waals surface area contributed by atoms with Crippen LogP contribution in [-0.2, 0) is 19.3 Å². The summed E-state index contributed by atoms with van der Waals surface area (Å²) in [6.45, 7) is 7.87. The van der Waals surface area contributed by atoms with Gasteiger partial charge in [0.2, 0.25) is 10.0 Å². The van der Waals surface area contributed by atoms with Crippen molar-refractivity contribution in [2.24, 2.45) is 0 Å². The van der Waals surface area contributed by atoms with E-state index in [1.165, 1.54) is 4.31 Å². The minimum Gasteiger partial charge on any atom is -0.399 e. The lowest BCUT2D eigenvalue weighted by Gasteiger charge is -2.32. The Hall–Kier alpha value is -0.885. The van der Waals surface area contributed by atoms with Gasteiger partial charge < -0.3 is 9.31 Å². The summed E-state index contributed by atoms with van der Waals surface area (Å²) < 4.78 is 40.2. The molecule has 0 aromatic heterocycles. The van der Waals surface area contributed by atoms with Crippen LogP contribution in [0.15, 0.2) is 29.2 Å². The van der Waals surface area contributed by atoms with Crippen LogP contribution < -0.4 is 5.46 Å². The van der Waals surface area contributed by atoms with Gasteiger partial charge in [0.1, 0.15) is 0 Å². The minimum atomic E-state index is -3.59. The van der Waals surface area contributed by atoms with Gasteiger partial charge in [-0.05, 0) is 46.6 Å². The SMILES string of the molecule is CN(C1CCCC1)S(=O)(=O)c1ccccc1B1OC(C)(C)C(C)(C)O1. The predicted octanol–water partition coefficient (Wildman–Crippen LogP) is 2.55. The van der Waals surface area contributed by atoms with Crippen LogP contribution in [0.3, 0.4) is 0 Å². The second-order valence-electron chi connectivity index (χ2n) is 8.09. The van der Waals surface area contributed by atoms with E-state index in [0.717, 1.165) is 25.7 Å². The molecule has 138 valence electrons. The lowest BCUT2D eigenvalue weighted by molar-refractivity contribution is 0.00578. The third-order valence-corrected chi connectivity index (χ3v) is 7.91. The molecule has 7 heteroatoms. The lowest BCUT2D eigenvalue weighted by atomic mass is 9.79. The van der Waals surface area contributed by atoms with Crippen LogP contribution in [0.4, 0.5) is 0 Å². The molecule has 1 saturated carbocycles. The van der Waals surface area contributed by atoms with Gasteiger partial charge >= 0.3 is 7.12 Å². The van der Waals surface area contributed by atoms with Crippen LogP contribution >= 0.6 is 0 Å². The van der Waals surface area contributed by atoms with Gasteiger partial charge in [0.05, 0.1) is 16.1 Å². The van der Waals surface area contributed by atoms with E-state index in [9.17, 15) is 8.42 Å². The van der Waals surface area contributed by atoms with Crippen molar-refractivity contribution in [2.45, 2.75) is 75.5 Å². The predicted molar refractivity (Wildman–Crippen MR) is 99.4 cm³/mol. The van der Waals surface area contributed by atoms with Gasteiger partial charge in [0.25, 0.3) is 0 Å². The lowest BCUT2D eigenvalue weighted by Crippen LogP contribution is -2.42. The number of rotatable bonds is 4. The standard InChI is InChI=1S/C18H28BNO4S/c1-17(2)18(3,4)24-19(23-17)15-12-8-9-13-16(15)25(21,22)20(5)14-10-6-7-11-14/h8-9,12-14H,6-7,10-11H2,1-5H3. The van der Waals surface area contributed by atoms with Crippen molar-refractivity contribution in [3.63, 3.8) is 0 Å². The molecule has 1 aromatic carbocycles. The van der Waals surface area contributed by atoms with E-state index < -0.39 is 28.3 Å². The molecule has 3 rings (SSSR count). The summed E-state index contributed by atoms with van der Waals surface area (Å²) in [7, 11) is -2.59. The zero-order chi connectivity index (χ0) is 18.5. The molecule has 1 heterocycles. The van der Waals surface area contributed by atoms with Crippen molar-refractivity contribution in [1.29, 1.82) is 0 Å². The van der Waals surface area contributed by atoms with Gasteiger partial charge in [-0.2, -0.15) is 4.31 Å². The molecule has 0 radical (unpaired) electrons. The van der Waals surface area contributed by atoms with E-state index in [2.05, 4.69) is 0 Å². The fourth-order valence-corrected chi connectivity index (χ4v) is 5.13. The molecule has 2 aliphatic rings. The van der Waals surface area contributed by atoms with E-state index in [-0.39, 0.29) is 10.9 Å². The maximum Gasteiger partial charge on any atom is 0.496 e. The third-order valence-electron chi connectivity index (χ3n) is 5.92. The second-order valence-corrected chi connectivity index (χ2v) is 10.1. The van der Waals surface area contributed by atoms with Crippen molar-refractivity contribution in [3.05, 3.63) is 24.3 Å². The van der Waals surface area contributed by atoms with Crippen molar-refractivity contribution in [1.82, 2.24) is 4.31 Å². The number of hydrogen-bond donors (Lipinski definition) is 0. The second kappa shape index (κ2) is 6.37. The van der Waals surface area contributed by atoms with E-state index in [1.54, 1.807) is 25.2 Å². The third kappa shape index (κ3) is 3.27. The number of sulfonamides is 1. The zero-order valence-corrected chi connectivity index (χ0v) is 16.6. The topological polar surface area (TPSA) is 55.8 Å². The molecule has 25 heavy (non-hydrogen) atoms. The molecule has 0 unspecified atom stereocenters. The molecule has 1 saturated heterocycles. The number of hydrogen-bond acceptors (Lipinski definition) is 4. The van der Waals surface area contributed by atoms with E-state index in [4.69, 9.17) is 9.31 Å². The Morgan fingerprint density at radius 2 is 1.56 bits per heavy atom. The molecule has 0 amide bonds.